The van der Waals surface area contributed by atoms with Crippen LogP contribution >= 0.6 is 0 Å². The van der Waals surface area contributed by atoms with Gasteiger partial charge in [0, 0.05) is 49.3 Å². The zero-order valence-electron chi connectivity index (χ0n) is 29.6. The number of primary amides is 2. The number of ether oxygens (including phenoxy) is 2. The van der Waals surface area contributed by atoms with Crippen molar-refractivity contribution < 1.29 is 33.4 Å². The Bertz CT molecular complexity index is 1720. The first kappa shape index (κ1) is 38.8. The fourth-order valence-corrected chi connectivity index (χ4v) is 6.61. The van der Waals surface area contributed by atoms with Crippen LogP contribution in [-0.2, 0) is 34.0 Å². The number of aliphatic hydroxyl groups excluding tert-OH is 1. The second-order valence-electron chi connectivity index (χ2n) is 12.9. The molecule has 0 heterocycles. The maximum atomic E-state index is 15.1. The summed E-state index contributed by atoms with van der Waals surface area (Å²) in [5, 5.41) is 15.2. The molecule has 3 atom stereocenters. The van der Waals surface area contributed by atoms with Gasteiger partial charge in [-0.1, -0.05) is 62.4 Å². The van der Waals surface area contributed by atoms with E-state index in [4.69, 9.17) is 20.9 Å². The van der Waals surface area contributed by atoms with Gasteiger partial charge in [-0.2, -0.15) is 0 Å². The summed E-state index contributed by atoms with van der Waals surface area (Å²) in [7, 11) is 1.57. The lowest BCUT2D eigenvalue weighted by Crippen LogP contribution is -2.52. The quantitative estimate of drug-likeness (QED) is 0.143. The maximum absolute atomic E-state index is 15.1. The number of carbonyl (C=O) groups excluding carboxylic acids is 3. The minimum Gasteiger partial charge on any atom is -0.497 e. The summed E-state index contributed by atoms with van der Waals surface area (Å²) >= 11 is 0. The SMILES string of the molecule is CCCN(CCC)C(=O)C1=CC(C(N)=O)=CC(C(N)=O)([C@H](Cc2cc(F)cc(OCc3ccccc3)c2)[C@@H](O)CNCc2cccc(OC)c2)C1. The summed E-state index contributed by atoms with van der Waals surface area (Å²) in [5.74, 6) is -2.73. The van der Waals surface area contributed by atoms with E-state index < -0.39 is 35.1 Å². The first-order valence-electron chi connectivity index (χ1n) is 17.3. The fourth-order valence-electron chi connectivity index (χ4n) is 6.61. The number of carbonyl (C=O) groups is 3. The Hall–Kier alpha value is -5.00. The fraction of sp³-hybridized carbons (Fsp3) is 0.375. The lowest BCUT2D eigenvalue weighted by molar-refractivity contribution is -0.132. The van der Waals surface area contributed by atoms with E-state index in [-0.39, 0.29) is 48.8 Å². The summed E-state index contributed by atoms with van der Waals surface area (Å²) in [6.45, 7) is 5.40. The molecule has 272 valence electrons. The number of halogens is 1. The molecule has 0 aromatic heterocycles. The van der Waals surface area contributed by atoms with Crippen LogP contribution in [-0.4, -0.2) is 60.6 Å². The molecule has 0 bridgehead atoms. The molecule has 3 amide bonds. The van der Waals surface area contributed by atoms with Gasteiger partial charge in [-0.05, 0) is 72.7 Å². The molecule has 0 spiro atoms. The van der Waals surface area contributed by atoms with E-state index in [0.29, 0.717) is 43.8 Å². The van der Waals surface area contributed by atoms with Gasteiger partial charge >= 0.3 is 0 Å². The molecular weight excluding hydrogens is 651 g/mol. The summed E-state index contributed by atoms with van der Waals surface area (Å²) < 4.78 is 26.4. The maximum Gasteiger partial charge on any atom is 0.249 e. The van der Waals surface area contributed by atoms with Crippen molar-refractivity contribution in [3.63, 3.8) is 0 Å². The molecule has 11 heteroatoms. The minimum atomic E-state index is -1.75. The van der Waals surface area contributed by atoms with Crippen LogP contribution in [0.2, 0.25) is 0 Å². The van der Waals surface area contributed by atoms with E-state index in [9.17, 15) is 19.5 Å². The van der Waals surface area contributed by atoms with Gasteiger partial charge in [-0.3, -0.25) is 14.4 Å². The number of nitrogens with one attached hydrogen (secondary N) is 1. The average molecular weight is 701 g/mol. The van der Waals surface area contributed by atoms with Crippen molar-refractivity contribution in [1.82, 2.24) is 10.2 Å². The van der Waals surface area contributed by atoms with Gasteiger partial charge in [0.1, 0.15) is 23.9 Å². The summed E-state index contributed by atoms with van der Waals surface area (Å²) in [6.07, 6.45) is 2.68. The summed E-state index contributed by atoms with van der Waals surface area (Å²) in [6, 6.07) is 21.1. The highest BCUT2D eigenvalue weighted by atomic mass is 19.1. The molecule has 51 heavy (non-hydrogen) atoms. The third-order valence-electron chi connectivity index (χ3n) is 9.10. The van der Waals surface area contributed by atoms with Crippen LogP contribution in [0.3, 0.4) is 0 Å². The van der Waals surface area contributed by atoms with Gasteiger partial charge in [-0.15, -0.1) is 0 Å². The first-order chi connectivity index (χ1) is 24.5. The molecule has 0 aliphatic heterocycles. The Balaban J connectivity index is 1.74. The number of amides is 3. The summed E-state index contributed by atoms with van der Waals surface area (Å²) in [5.41, 5.74) is 12.6. The van der Waals surface area contributed by atoms with E-state index in [1.54, 1.807) is 18.1 Å². The van der Waals surface area contributed by atoms with Gasteiger partial charge in [0.2, 0.25) is 17.7 Å². The van der Waals surface area contributed by atoms with Gasteiger partial charge < -0.3 is 36.3 Å². The first-order valence-corrected chi connectivity index (χ1v) is 17.3. The summed E-state index contributed by atoms with van der Waals surface area (Å²) in [4.78, 5) is 42.1. The number of aliphatic hydroxyl groups is 1. The van der Waals surface area contributed by atoms with Crippen LogP contribution in [0.4, 0.5) is 4.39 Å². The predicted octanol–water partition coefficient (Wildman–Crippen LogP) is 4.58. The number of hydrogen-bond acceptors (Lipinski definition) is 7. The van der Waals surface area contributed by atoms with Crippen molar-refractivity contribution in [1.29, 1.82) is 0 Å². The van der Waals surface area contributed by atoms with E-state index in [0.717, 1.165) is 11.1 Å². The number of benzene rings is 3. The highest BCUT2D eigenvalue weighted by molar-refractivity contribution is 6.03. The van der Waals surface area contributed by atoms with Crippen LogP contribution in [0, 0.1) is 17.2 Å². The third kappa shape index (κ3) is 10.3. The Kier molecular flexibility index (Phi) is 13.9. The molecule has 1 aliphatic carbocycles. The van der Waals surface area contributed by atoms with Crippen molar-refractivity contribution in [2.75, 3.05) is 26.7 Å². The van der Waals surface area contributed by atoms with Crippen LogP contribution in [0.15, 0.2) is 96.1 Å². The lowest BCUT2D eigenvalue weighted by atomic mass is 9.63. The number of hydrogen-bond donors (Lipinski definition) is 4. The Morgan fingerprint density at radius 2 is 1.63 bits per heavy atom. The van der Waals surface area contributed by atoms with E-state index >= 15 is 4.39 Å². The average Bonchev–Trinajstić information content (AvgIpc) is 3.12. The van der Waals surface area contributed by atoms with E-state index in [2.05, 4.69) is 5.32 Å². The predicted molar refractivity (Wildman–Crippen MR) is 194 cm³/mol. The molecule has 0 saturated carbocycles. The highest BCUT2D eigenvalue weighted by Crippen LogP contribution is 2.45. The normalized spacial score (nSPS) is 16.7. The molecule has 0 fully saturated rings. The number of nitrogens with two attached hydrogens (primary N) is 2. The molecule has 0 radical (unpaired) electrons. The molecule has 3 aromatic rings. The number of rotatable bonds is 19. The third-order valence-corrected chi connectivity index (χ3v) is 9.10. The molecular formula is C40H49FN4O6. The van der Waals surface area contributed by atoms with Gasteiger partial charge in [0.05, 0.1) is 18.6 Å². The lowest BCUT2D eigenvalue weighted by Gasteiger charge is -2.42. The molecule has 10 nitrogen and oxygen atoms in total. The molecule has 4 rings (SSSR count). The van der Waals surface area contributed by atoms with E-state index in [1.165, 1.54) is 24.3 Å². The molecule has 1 aliphatic rings. The largest absolute Gasteiger partial charge is 0.497 e. The van der Waals surface area contributed by atoms with Crippen molar-refractivity contribution in [2.24, 2.45) is 22.8 Å². The minimum absolute atomic E-state index is 0.00583. The van der Waals surface area contributed by atoms with Crippen molar-refractivity contribution >= 4 is 17.7 Å². The van der Waals surface area contributed by atoms with E-state index in [1.807, 2.05) is 68.4 Å². The standard InChI is InChI=1S/C40H49FN4O6/c1-4-14-45(15-5-2)38(48)31-20-30(37(42)47)22-40(23-31,39(43)49)35(36(46)25-44-24-28-12-9-13-33(17-28)50-3)19-29-16-32(41)21-34(18-29)51-26-27-10-7-6-8-11-27/h6-13,16-18,20-22,35-36,44,46H,4-5,14-15,19,23-26H2,1-3H3,(H2,42,47)(H2,43,49)/t35-,36+,40?/m1/s1. The van der Waals surface area contributed by atoms with Crippen LogP contribution in [0.25, 0.3) is 0 Å². The van der Waals surface area contributed by atoms with Crippen molar-refractivity contribution in [3.05, 3.63) is 119 Å². The zero-order valence-corrected chi connectivity index (χ0v) is 29.6. The zero-order chi connectivity index (χ0) is 37.0. The highest BCUT2D eigenvalue weighted by Gasteiger charge is 2.49. The second kappa shape index (κ2) is 18.3. The Morgan fingerprint density at radius 1 is 0.941 bits per heavy atom. The monoisotopic (exact) mass is 700 g/mol. The van der Waals surface area contributed by atoms with Gasteiger partial charge in [0.15, 0.2) is 0 Å². The smallest absolute Gasteiger partial charge is 0.249 e. The number of methoxy groups -OCH3 is 1. The second-order valence-corrected chi connectivity index (χ2v) is 12.9. The Morgan fingerprint density at radius 3 is 2.27 bits per heavy atom. The molecule has 0 saturated heterocycles. The van der Waals surface area contributed by atoms with Crippen LogP contribution in [0.1, 0.15) is 49.8 Å². The van der Waals surface area contributed by atoms with Crippen molar-refractivity contribution in [2.45, 2.75) is 58.8 Å². The van der Waals surface area contributed by atoms with Gasteiger partial charge in [-0.25, -0.2) is 4.39 Å². The van der Waals surface area contributed by atoms with Crippen LogP contribution < -0.4 is 26.3 Å². The van der Waals surface area contributed by atoms with Gasteiger partial charge in [0.25, 0.3) is 0 Å². The number of nitrogens with zero attached hydrogens (tertiary/aromatic N) is 1. The van der Waals surface area contributed by atoms with Crippen molar-refractivity contribution in [3.8, 4) is 11.5 Å². The topological polar surface area (TPSA) is 157 Å². The molecule has 6 N–H and O–H groups in total. The Labute approximate surface area is 299 Å². The molecule has 1 unspecified atom stereocenters. The van der Waals surface area contributed by atoms with Crippen LogP contribution in [0.5, 0.6) is 11.5 Å². The molecule has 3 aromatic carbocycles.